The van der Waals surface area contributed by atoms with E-state index < -0.39 is 0 Å². The maximum absolute atomic E-state index is 12.7. The molecule has 4 rings (SSSR count). The Bertz CT molecular complexity index is 1220. The van der Waals surface area contributed by atoms with Crippen LogP contribution in [-0.4, -0.2) is 22.6 Å². The largest absolute Gasteiger partial charge is 0.506 e. The minimum atomic E-state index is -0.316. The van der Waals surface area contributed by atoms with E-state index in [4.69, 9.17) is 9.72 Å². The van der Waals surface area contributed by atoms with Crippen molar-refractivity contribution in [3.8, 4) is 22.8 Å². The van der Waals surface area contributed by atoms with Crippen LogP contribution in [0.5, 0.6) is 11.5 Å². The van der Waals surface area contributed by atoms with Crippen LogP contribution in [0.3, 0.4) is 0 Å². The zero-order valence-electron chi connectivity index (χ0n) is 16.8. The number of rotatable bonds is 5. The lowest BCUT2D eigenvalue weighted by molar-refractivity contribution is 0.102. The Morgan fingerprint density at radius 3 is 2.53 bits per heavy atom. The van der Waals surface area contributed by atoms with Gasteiger partial charge in [0.1, 0.15) is 11.5 Å². The Kier molecular flexibility index (Phi) is 5.35. The summed E-state index contributed by atoms with van der Waals surface area (Å²) in [4.78, 5) is 17.5. The van der Waals surface area contributed by atoms with Crippen LogP contribution in [0, 0.1) is 6.92 Å². The number of nitrogens with one attached hydrogen (secondary N) is 1. The van der Waals surface area contributed by atoms with Crippen molar-refractivity contribution < 1.29 is 14.6 Å². The monoisotopic (exact) mass is 398 g/mol. The molecule has 30 heavy (non-hydrogen) atoms. The summed E-state index contributed by atoms with van der Waals surface area (Å²) in [6.45, 7) is 4.47. The molecule has 0 unspecified atom stereocenters. The van der Waals surface area contributed by atoms with Gasteiger partial charge in [-0.15, -0.1) is 0 Å². The summed E-state index contributed by atoms with van der Waals surface area (Å²) in [5.41, 5.74) is 4.57. The van der Waals surface area contributed by atoms with E-state index in [1.165, 1.54) is 11.6 Å². The number of carbonyl (C=O) groups excluding carboxylic acids is 1. The molecule has 0 spiro atoms. The van der Waals surface area contributed by atoms with Crippen molar-refractivity contribution in [1.29, 1.82) is 0 Å². The predicted octanol–water partition coefficient (Wildman–Crippen LogP) is 5.57. The standard InChI is InChI=1S/C25H22N2O3/c1-3-30-24-15-22(17-10-8-16(2)9-11-17)26-20-13-12-18(14-19(20)24)25(29)27-21-6-4-5-7-23(21)28/h4-15,28H,3H2,1-2H3,(H,27,29). The van der Waals surface area contributed by atoms with Gasteiger partial charge >= 0.3 is 0 Å². The lowest BCUT2D eigenvalue weighted by atomic mass is 10.1. The third kappa shape index (κ3) is 3.96. The molecule has 1 heterocycles. The average molecular weight is 398 g/mol. The van der Waals surface area contributed by atoms with Crippen molar-refractivity contribution in [3.63, 3.8) is 0 Å². The summed E-state index contributed by atoms with van der Waals surface area (Å²) >= 11 is 0. The fourth-order valence-electron chi connectivity index (χ4n) is 3.26. The number of amides is 1. The minimum absolute atomic E-state index is 0.0195. The molecule has 1 amide bonds. The maximum Gasteiger partial charge on any atom is 0.255 e. The van der Waals surface area contributed by atoms with Crippen LogP contribution < -0.4 is 10.1 Å². The van der Waals surface area contributed by atoms with Gasteiger partial charge in [0.2, 0.25) is 0 Å². The van der Waals surface area contributed by atoms with Crippen LogP contribution in [0.1, 0.15) is 22.8 Å². The lowest BCUT2D eigenvalue weighted by Crippen LogP contribution is -2.12. The Morgan fingerprint density at radius 2 is 1.80 bits per heavy atom. The van der Waals surface area contributed by atoms with Crippen LogP contribution in [0.2, 0.25) is 0 Å². The molecule has 0 saturated carbocycles. The molecule has 5 nitrogen and oxygen atoms in total. The quantitative estimate of drug-likeness (QED) is 0.431. The Morgan fingerprint density at radius 1 is 1.03 bits per heavy atom. The highest BCUT2D eigenvalue weighted by molar-refractivity contribution is 6.07. The predicted molar refractivity (Wildman–Crippen MR) is 119 cm³/mol. The number of aromatic nitrogens is 1. The summed E-state index contributed by atoms with van der Waals surface area (Å²) in [6, 6.07) is 22.0. The van der Waals surface area contributed by atoms with Crippen molar-refractivity contribution in [3.05, 3.63) is 83.9 Å². The smallest absolute Gasteiger partial charge is 0.255 e. The highest BCUT2D eigenvalue weighted by atomic mass is 16.5. The van der Waals surface area contributed by atoms with E-state index in [1.807, 2.05) is 50.2 Å². The topological polar surface area (TPSA) is 71.5 Å². The number of phenols is 1. The van der Waals surface area contributed by atoms with Gasteiger partial charge in [0.15, 0.2) is 0 Å². The van der Waals surface area contributed by atoms with Crippen molar-refractivity contribution in [1.82, 2.24) is 4.98 Å². The van der Waals surface area contributed by atoms with Gasteiger partial charge in [-0.25, -0.2) is 4.98 Å². The number of ether oxygens (including phenoxy) is 1. The van der Waals surface area contributed by atoms with Crippen LogP contribution >= 0.6 is 0 Å². The van der Waals surface area contributed by atoms with Gasteiger partial charge < -0.3 is 15.2 Å². The number of anilines is 1. The molecule has 0 aliphatic rings. The molecular formula is C25H22N2O3. The lowest BCUT2D eigenvalue weighted by Gasteiger charge is -2.12. The molecule has 0 bridgehead atoms. The van der Waals surface area contributed by atoms with E-state index in [-0.39, 0.29) is 11.7 Å². The molecule has 0 fully saturated rings. The molecule has 5 heteroatoms. The maximum atomic E-state index is 12.7. The number of aryl methyl sites for hydroxylation is 1. The normalized spacial score (nSPS) is 10.7. The van der Waals surface area contributed by atoms with E-state index in [0.29, 0.717) is 23.6 Å². The van der Waals surface area contributed by atoms with Gasteiger partial charge in [0.25, 0.3) is 5.91 Å². The summed E-state index contributed by atoms with van der Waals surface area (Å²) < 4.78 is 5.87. The number of carbonyl (C=O) groups is 1. The number of hydrogen-bond acceptors (Lipinski definition) is 4. The molecule has 150 valence electrons. The van der Waals surface area contributed by atoms with Crippen molar-refractivity contribution in [2.75, 3.05) is 11.9 Å². The van der Waals surface area contributed by atoms with Crippen LogP contribution in [0.15, 0.2) is 72.8 Å². The van der Waals surface area contributed by atoms with Gasteiger partial charge in [0, 0.05) is 22.6 Å². The first-order valence-corrected chi connectivity index (χ1v) is 9.79. The first kappa shape index (κ1) is 19.5. The van der Waals surface area contributed by atoms with Crippen LogP contribution in [-0.2, 0) is 0 Å². The summed E-state index contributed by atoms with van der Waals surface area (Å²) in [5, 5.41) is 13.4. The summed E-state index contributed by atoms with van der Waals surface area (Å²) in [5.74, 6) is 0.379. The number of hydrogen-bond donors (Lipinski definition) is 2. The third-order valence-electron chi connectivity index (χ3n) is 4.83. The molecule has 0 radical (unpaired) electrons. The number of para-hydroxylation sites is 2. The number of benzene rings is 3. The third-order valence-corrected chi connectivity index (χ3v) is 4.83. The zero-order valence-corrected chi connectivity index (χ0v) is 16.8. The molecule has 0 aliphatic heterocycles. The SMILES string of the molecule is CCOc1cc(-c2ccc(C)cc2)nc2ccc(C(=O)Nc3ccccc3O)cc12. The fraction of sp³-hybridized carbons (Fsp3) is 0.120. The average Bonchev–Trinajstić information content (AvgIpc) is 2.75. The number of nitrogens with zero attached hydrogens (tertiary/aromatic N) is 1. The Hall–Kier alpha value is -3.86. The first-order valence-electron chi connectivity index (χ1n) is 9.79. The Balaban J connectivity index is 1.73. The molecule has 3 aromatic carbocycles. The Labute approximate surface area is 175 Å². The highest BCUT2D eigenvalue weighted by Crippen LogP contribution is 2.31. The van der Waals surface area contributed by atoms with Gasteiger partial charge in [-0.3, -0.25) is 4.79 Å². The van der Waals surface area contributed by atoms with Crippen molar-refractivity contribution in [2.24, 2.45) is 0 Å². The van der Waals surface area contributed by atoms with E-state index in [2.05, 4.69) is 5.32 Å². The van der Waals surface area contributed by atoms with E-state index in [1.54, 1.807) is 30.3 Å². The second kappa shape index (κ2) is 8.25. The molecule has 0 saturated heterocycles. The van der Waals surface area contributed by atoms with Crippen LogP contribution in [0.4, 0.5) is 5.69 Å². The van der Waals surface area contributed by atoms with E-state index in [9.17, 15) is 9.90 Å². The second-order valence-corrected chi connectivity index (χ2v) is 7.01. The number of aromatic hydroxyl groups is 1. The molecule has 1 aromatic heterocycles. The fourth-order valence-corrected chi connectivity index (χ4v) is 3.26. The number of pyridine rings is 1. The molecule has 2 N–H and O–H groups in total. The second-order valence-electron chi connectivity index (χ2n) is 7.01. The van der Waals surface area contributed by atoms with E-state index >= 15 is 0 Å². The van der Waals surface area contributed by atoms with Gasteiger partial charge in [-0.1, -0.05) is 42.0 Å². The summed E-state index contributed by atoms with van der Waals surface area (Å²) in [6.07, 6.45) is 0. The first-order chi connectivity index (χ1) is 14.5. The summed E-state index contributed by atoms with van der Waals surface area (Å²) in [7, 11) is 0. The molecule has 4 aromatic rings. The number of phenolic OH excluding ortho intramolecular Hbond substituents is 1. The molecular weight excluding hydrogens is 376 g/mol. The van der Waals surface area contributed by atoms with Crippen molar-refractivity contribution in [2.45, 2.75) is 13.8 Å². The highest BCUT2D eigenvalue weighted by Gasteiger charge is 2.14. The molecule has 0 atom stereocenters. The van der Waals surface area contributed by atoms with Gasteiger partial charge in [0.05, 0.1) is 23.5 Å². The minimum Gasteiger partial charge on any atom is -0.506 e. The van der Waals surface area contributed by atoms with Gasteiger partial charge in [-0.05, 0) is 44.2 Å². The number of fused-ring (bicyclic) bond motifs is 1. The molecule has 0 aliphatic carbocycles. The zero-order chi connectivity index (χ0) is 21.1. The van der Waals surface area contributed by atoms with E-state index in [0.717, 1.165) is 22.2 Å². The van der Waals surface area contributed by atoms with Crippen LogP contribution in [0.25, 0.3) is 22.2 Å². The van der Waals surface area contributed by atoms with Crippen molar-refractivity contribution >= 4 is 22.5 Å². The van der Waals surface area contributed by atoms with Gasteiger partial charge in [-0.2, -0.15) is 0 Å².